The van der Waals surface area contributed by atoms with Crippen LogP contribution in [-0.4, -0.2) is 15.7 Å². The second-order valence-corrected chi connectivity index (χ2v) is 5.68. The molecule has 2 aromatic carbocycles. The van der Waals surface area contributed by atoms with Crippen molar-refractivity contribution in [3.8, 4) is 11.3 Å². The lowest BCUT2D eigenvalue weighted by Gasteiger charge is -2.11. The molecule has 0 spiro atoms. The lowest BCUT2D eigenvalue weighted by molar-refractivity contribution is -0.452. The molecule has 116 valence electrons. The van der Waals surface area contributed by atoms with Gasteiger partial charge in [-0.1, -0.05) is 44.2 Å². The fourth-order valence-electron chi connectivity index (χ4n) is 2.60. The number of hydrogen-bond donors (Lipinski definition) is 1. The Morgan fingerprint density at radius 3 is 2.30 bits per heavy atom. The minimum Gasteiger partial charge on any atom is -0.427 e. The number of carbonyl (C=O) groups is 1. The molecule has 0 aliphatic heterocycles. The van der Waals surface area contributed by atoms with E-state index in [0.717, 1.165) is 4.73 Å². The first-order chi connectivity index (χ1) is 11.0. The number of ketones is 1. The lowest BCUT2D eigenvalue weighted by atomic mass is 10.00. The Bertz CT molecular complexity index is 944. The van der Waals surface area contributed by atoms with Crippen molar-refractivity contribution in [3.05, 3.63) is 65.2 Å². The van der Waals surface area contributed by atoms with Crippen LogP contribution in [0.25, 0.3) is 22.3 Å². The average molecular weight is 309 g/mol. The van der Waals surface area contributed by atoms with Crippen LogP contribution in [0.15, 0.2) is 54.6 Å². The van der Waals surface area contributed by atoms with E-state index in [9.17, 15) is 14.9 Å². The Morgan fingerprint density at radius 1 is 1.04 bits per heavy atom. The van der Waals surface area contributed by atoms with Gasteiger partial charge in [0.1, 0.15) is 0 Å². The molecule has 0 radical (unpaired) electrons. The van der Waals surface area contributed by atoms with E-state index in [1.807, 2.05) is 6.07 Å². The summed E-state index contributed by atoms with van der Waals surface area (Å²) in [6.45, 7) is 3.48. The summed E-state index contributed by atoms with van der Waals surface area (Å²) in [6, 6.07) is 15.5. The van der Waals surface area contributed by atoms with Crippen LogP contribution in [0.4, 0.5) is 0 Å². The third-order valence-corrected chi connectivity index (χ3v) is 3.77. The average Bonchev–Trinajstić information content (AvgIpc) is 2.58. The van der Waals surface area contributed by atoms with Crippen molar-refractivity contribution in [1.82, 2.24) is 4.73 Å². The molecule has 1 heterocycles. The van der Waals surface area contributed by atoms with Gasteiger partial charge in [-0.25, -0.2) is 0 Å². The zero-order chi connectivity index (χ0) is 16.6. The van der Waals surface area contributed by atoms with Gasteiger partial charge in [-0.15, -0.1) is 0 Å². The van der Waals surface area contributed by atoms with Crippen molar-refractivity contribution in [2.24, 2.45) is 5.92 Å². The Kier molecular flexibility index (Phi) is 3.70. The Hall–Kier alpha value is -2.95. The van der Waals surface area contributed by atoms with Gasteiger partial charge in [-0.3, -0.25) is 4.79 Å². The Morgan fingerprint density at radius 2 is 1.65 bits per heavy atom. The molecule has 0 bridgehead atoms. The van der Waals surface area contributed by atoms with Gasteiger partial charge in [0.15, 0.2) is 11.3 Å². The quantitative estimate of drug-likeness (QED) is 0.458. The zero-order valence-electron chi connectivity index (χ0n) is 12.9. The first-order valence-corrected chi connectivity index (χ1v) is 7.41. The molecular formula is C18H17N2O3+. The van der Waals surface area contributed by atoms with Crippen molar-refractivity contribution in [3.63, 3.8) is 0 Å². The van der Waals surface area contributed by atoms with E-state index in [0.29, 0.717) is 21.0 Å². The molecule has 5 heteroatoms. The molecule has 0 amide bonds. The van der Waals surface area contributed by atoms with E-state index >= 15 is 0 Å². The number of para-hydroxylation sites is 2. The molecule has 23 heavy (non-hydrogen) atoms. The topological polar surface area (TPSA) is 65.2 Å². The van der Waals surface area contributed by atoms with E-state index in [1.165, 1.54) is 0 Å². The van der Waals surface area contributed by atoms with Gasteiger partial charge in [-0.05, 0) is 18.2 Å². The highest BCUT2D eigenvalue weighted by Gasteiger charge is 2.31. The molecule has 0 saturated heterocycles. The lowest BCUT2D eigenvalue weighted by Crippen LogP contribution is -2.29. The van der Waals surface area contributed by atoms with Crippen LogP contribution in [0, 0.1) is 10.8 Å². The second kappa shape index (κ2) is 5.68. The number of hydrogen-bond acceptors (Lipinski definition) is 3. The molecule has 0 aliphatic rings. The van der Waals surface area contributed by atoms with Crippen LogP contribution in [0.5, 0.6) is 0 Å². The van der Waals surface area contributed by atoms with Crippen LogP contribution in [0.1, 0.15) is 24.3 Å². The van der Waals surface area contributed by atoms with Crippen molar-refractivity contribution < 1.29 is 14.4 Å². The molecular weight excluding hydrogens is 292 g/mol. The largest absolute Gasteiger partial charge is 0.427 e. The maximum absolute atomic E-state index is 12.9. The predicted molar refractivity (Wildman–Crippen MR) is 87.1 cm³/mol. The van der Waals surface area contributed by atoms with Gasteiger partial charge in [0, 0.05) is 16.9 Å². The molecule has 3 aromatic rings. The molecule has 0 unspecified atom stereocenters. The summed E-state index contributed by atoms with van der Waals surface area (Å²) < 4.78 is 1.54. The highest BCUT2D eigenvalue weighted by Crippen LogP contribution is 2.24. The van der Waals surface area contributed by atoms with Crippen LogP contribution in [-0.2, 0) is 0 Å². The Labute approximate surface area is 133 Å². The minimum absolute atomic E-state index is 0.0000926. The molecule has 1 N–H and O–H groups in total. The molecule has 0 saturated carbocycles. The first kappa shape index (κ1) is 15.0. The number of fused-ring (bicyclic) bond motifs is 1. The summed E-state index contributed by atoms with van der Waals surface area (Å²) in [6.07, 6.45) is 0. The summed E-state index contributed by atoms with van der Waals surface area (Å²) in [5.74, 6) is -0.640. The summed E-state index contributed by atoms with van der Waals surface area (Å²) in [7, 11) is 0. The highest BCUT2D eigenvalue weighted by molar-refractivity contribution is 6.01. The number of rotatable bonds is 3. The number of carbonyl (C=O) groups excluding carboxylic acids is 1. The molecule has 0 atom stereocenters. The van der Waals surface area contributed by atoms with Crippen molar-refractivity contribution >= 4 is 16.8 Å². The first-order valence-electron chi connectivity index (χ1n) is 7.41. The number of aromatic nitrogens is 2. The molecule has 1 aromatic heterocycles. The van der Waals surface area contributed by atoms with Gasteiger partial charge in [0.2, 0.25) is 5.69 Å². The minimum atomic E-state index is -0.350. The molecule has 0 aliphatic carbocycles. The van der Waals surface area contributed by atoms with E-state index in [2.05, 4.69) is 0 Å². The zero-order valence-corrected chi connectivity index (χ0v) is 12.9. The fraction of sp³-hybridized carbons (Fsp3) is 0.167. The van der Waals surface area contributed by atoms with Gasteiger partial charge < -0.3 is 5.21 Å². The van der Waals surface area contributed by atoms with E-state index in [4.69, 9.17) is 0 Å². The van der Waals surface area contributed by atoms with Gasteiger partial charge in [0.05, 0.1) is 9.99 Å². The summed E-state index contributed by atoms with van der Waals surface area (Å²) in [5, 5.41) is 10.6. The molecule has 0 fully saturated rings. The normalized spacial score (nSPS) is 11.1. The summed E-state index contributed by atoms with van der Waals surface area (Å²) in [4.78, 5) is 25.5. The van der Waals surface area contributed by atoms with Crippen molar-refractivity contribution in [1.29, 1.82) is 0 Å². The van der Waals surface area contributed by atoms with E-state index in [1.54, 1.807) is 62.4 Å². The predicted octanol–water partition coefficient (Wildman–Crippen LogP) is 3.30. The van der Waals surface area contributed by atoms with E-state index < -0.39 is 0 Å². The van der Waals surface area contributed by atoms with Crippen LogP contribution in [0.2, 0.25) is 0 Å². The monoisotopic (exact) mass is 309 g/mol. The van der Waals surface area contributed by atoms with Crippen molar-refractivity contribution in [2.75, 3.05) is 0 Å². The van der Waals surface area contributed by atoms with Crippen LogP contribution < -0.4 is 4.43 Å². The van der Waals surface area contributed by atoms with Gasteiger partial charge >= 0.3 is 5.69 Å². The number of nitrogens with zero attached hydrogens (tertiary/aromatic N) is 2. The number of Topliss-reactive ketones (excluding diaryl/α,β-unsaturated/α-hetero) is 1. The fourth-order valence-corrected chi connectivity index (χ4v) is 2.60. The van der Waals surface area contributed by atoms with E-state index in [-0.39, 0.29) is 23.1 Å². The van der Waals surface area contributed by atoms with Crippen LogP contribution >= 0.6 is 0 Å². The molecule has 3 rings (SSSR count). The molecule has 5 nitrogen and oxygen atoms in total. The highest BCUT2D eigenvalue weighted by atomic mass is 16.5. The SMILES string of the molecule is CC(C)C(=O)c1c(-c2ccccc2)[n+](=O)c2ccccc2n1O. The number of benzene rings is 2. The maximum Gasteiger partial charge on any atom is 0.301 e. The summed E-state index contributed by atoms with van der Waals surface area (Å²) >= 11 is 0. The van der Waals surface area contributed by atoms with Crippen LogP contribution in [0.3, 0.4) is 0 Å². The van der Waals surface area contributed by atoms with Gasteiger partial charge in [-0.2, -0.15) is 4.73 Å². The third-order valence-electron chi connectivity index (χ3n) is 3.77. The second-order valence-electron chi connectivity index (χ2n) is 5.68. The maximum atomic E-state index is 12.9. The van der Waals surface area contributed by atoms with Crippen molar-refractivity contribution in [2.45, 2.75) is 13.8 Å². The third kappa shape index (κ3) is 2.40. The Balaban J connectivity index is 2.50. The smallest absolute Gasteiger partial charge is 0.301 e. The standard InChI is InChI=1S/C18H17N2O3/c1-12(2)18(21)17-16(13-8-4-3-5-9-13)19(22)14-10-6-7-11-15(14)20(17)23/h3-12,23H,1-2H3/q+1. The van der Waals surface area contributed by atoms with Gasteiger partial charge in [0.25, 0.3) is 5.52 Å². The summed E-state index contributed by atoms with van der Waals surface area (Å²) in [5.41, 5.74) is 1.34.